The van der Waals surface area contributed by atoms with E-state index >= 15 is 0 Å². The van der Waals surface area contributed by atoms with Crippen molar-refractivity contribution in [3.05, 3.63) is 23.2 Å². The van der Waals surface area contributed by atoms with Gasteiger partial charge in [0.1, 0.15) is 17.1 Å². The Morgan fingerprint density at radius 1 is 1.50 bits per heavy atom. The molecule has 2 rings (SSSR count). The summed E-state index contributed by atoms with van der Waals surface area (Å²) in [7, 11) is 0. The zero-order valence-corrected chi connectivity index (χ0v) is 11.1. The molecule has 0 saturated carbocycles. The van der Waals surface area contributed by atoms with Gasteiger partial charge in [0.15, 0.2) is 0 Å². The van der Waals surface area contributed by atoms with Crippen molar-refractivity contribution in [1.82, 2.24) is 5.32 Å². The van der Waals surface area contributed by atoms with Gasteiger partial charge in [-0.3, -0.25) is 4.79 Å². The normalized spacial score (nSPS) is 23.0. The van der Waals surface area contributed by atoms with Gasteiger partial charge >= 0.3 is 5.97 Å². The third-order valence-electron chi connectivity index (χ3n) is 3.07. The number of carbonyl (C=O) groups is 2. The average Bonchev–Trinajstić information content (AvgIpc) is 2.86. The summed E-state index contributed by atoms with van der Waals surface area (Å²) in [4.78, 5) is 23.4. The summed E-state index contributed by atoms with van der Waals surface area (Å²) >= 11 is 1.54. The third-order valence-corrected chi connectivity index (χ3v) is 4.26. The predicted molar refractivity (Wildman–Crippen MR) is 68.0 cm³/mol. The molecule has 1 saturated heterocycles. The van der Waals surface area contributed by atoms with E-state index in [0.29, 0.717) is 29.3 Å². The average molecular weight is 269 g/mol. The van der Waals surface area contributed by atoms with E-state index in [2.05, 4.69) is 5.32 Å². The van der Waals surface area contributed by atoms with Gasteiger partial charge in [0.25, 0.3) is 5.91 Å². The highest BCUT2D eigenvalue weighted by Gasteiger charge is 2.43. The summed E-state index contributed by atoms with van der Waals surface area (Å²) in [5, 5.41) is 11.9. The van der Waals surface area contributed by atoms with Crippen molar-refractivity contribution in [2.24, 2.45) is 0 Å². The Morgan fingerprint density at radius 3 is 2.67 bits per heavy atom. The smallest absolute Gasteiger partial charge is 0.330 e. The molecule has 18 heavy (non-hydrogen) atoms. The number of hydrogen-bond acceptors (Lipinski definition) is 4. The zero-order valence-electron chi connectivity index (χ0n) is 10.3. The topological polar surface area (TPSA) is 79.5 Å². The van der Waals surface area contributed by atoms with Gasteiger partial charge in [-0.05, 0) is 32.1 Å². The van der Waals surface area contributed by atoms with Crippen LogP contribution < -0.4 is 5.32 Å². The van der Waals surface area contributed by atoms with Crippen LogP contribution in [0.5, 0.6) is 0 Å². The maximum Gasteiger partial charge on any atom is 0.330 e. The highest BCUT2D eigenvalue weighted by atomic mass is 32.2. The Balaban J connectivity index is 2.20. The first-order valence-corrected chi connectivity index (χ1v) is 6.81. The van der Waals surface area contributed by atoms with Crippen LogP contribution in [0.1, 0.15) is 28.3 Å². The van der Waals surface area contributed by atoms with E-state index in [0.717, 1.165) is 5.75 Å². The first-order valence-electron chi connectivity index (χ1n) is 5.65. The molecule has 6 heteroatoms. The van der Waals surface area contributed by atoms with Gasteiger partial charge in [-0.2, -0.15) is 11.8 Å². The van der Waals surface area contributed by atoms with Gasteiger partial charge < -0.3 is 14.8 Å². The van der Waals surface area contributed by atoms with E-state index in [1.54, 1.807) is 19.9 Å². The van der Waals surface area contributed by atoms with Crippen molar-refractivity contribution in [2.75, 3.05) is 11.5 Å². The molecule has 0 aliphatic carbocycles. The molecular formula is C12H15NO4S. The third kappa shape index (κ3) is 2.25. The molecule has 1 fully saturated rings. The van der Waals surface area contributed by atoms with Crippen LogP contribution in [0.2, 0.25) is 0 Å². The van der Waals surface area contributed by atoms with Crippen LogP contribution in [0.15, 0.2) is 10.5 Å². The Kier molecular flexibility index (Phi) is 3.38. The number of hydrogen-bond donors (Lipinski definition) is 2. The monoisotopic (exact) mass is 269 g/mol. The second kappa shape index (κ2) is 4.68. The summed E-state index contributed by atoms with van der Waals surface area (Å²) in [5.74, 6) is 0.951. The van der Waals surface area contributed by atoms with Crippen molar-refractivity contribution in [3.8, 4) is 0 Å². The molecule has 5 nitrogen and oxygen atoms in total. The second-order valence-electron chi connectivity index (χ2n) is 4.47. The van der Waals surface area contributed by atoms with Crippen LogP contribution in [0.25, 0.3) is 0 Å². The maximum absolute atomic E-state index is 12.1. The van der Waals surface area contributed by atoms with Crippen molar-refractivity contribution in [3.63, 3.8) is 0 Å². The van der Waals surface area contributed by atoms with Crippen LogP contribution in [0.4, 0.5) is 0 Å². The Labute approximate surface area is 109 Å². The number of rotatable bonds is 3. The largest absolute Gasteiger partial charge is 0.479 e. The Morgan fingerprint density at radius 2 is 2.22 bits per heavy atom. The number of carbonyl (C=O) groups excluding carboxylic acids is 1. The molecule has 98 valence electrons. The van der Waals surface area contributed by atoms with E-state index in [1.807, 2.05) is 0 Å². The van der Waals surface area contributed by atoms with Crippen LogP contribution in [-0.2, 0) is 4.79 Å². The van der Waals surface area contributed by atoms with Gasteiger partial charge in [-0.1, -0.05) is 0 Å². The molecular weight excluding hydrogens is 254 g/mol. The van der Waals surface area contributed by atoms with Crippen molar-refractivity contribution >= 4 is 23.6 Å². The number of nitrogens with one attached hydrogen (secondary N) is 1. The standard InChI is InChI=1S/C12H15NO4S/c1-7-5-9(8(2)17-7)10(14)13-12(11(15)16)3-4-18-6-12/h5H,3-4,6H2,1-2H3,(H,13,14)(H,15,16)/t12-/m0/s1. The summed E-state index contributed by atoms with van der Waals surface area (Å²) in [6.07, 6.45) is 0.453. The Hall–Kier alpha value is -1.43. The van der Waals surface area contributed by atoms with Gasteiger partial charge in [-0.25, -0.2) is 4.79 Å². The van der Waals surface area contributed by atoms with E-state index in [1.165, 1.54) is 11.8 Å². The highest BCUT2D eigenvalue weighted by Crippen LogP contribution is 2.29. The van der Waals surface area contributed by atoms with Gasteiger partial charge in [0, 0.05) is 5.75 Å². The van der Waals surface area contributed by atoms with Crippen LogP contribution in [0, 0.1) is 13.8 Å². The summed E-state index contributed by atoms with van der Waals surface area (Å²) in [5.41, 5.74) is -0.732. The lowest BCUT2D eigenvalue weighted by Gasteiger charge is -2.24. The molecule has 1 amide bonds. The molecule has 0 unspecified atom stereocenters. The quantitative estimate of drug-likeness (QED) is 0.871. The fourth-order valence-electron chi connectivity index (χ4n) is 2.03. The van der Waals surface area contributed by atoms with Crippen molar-refractivity contribution < 1.29 is 19.1 Å². The molecule has 1 atom stereocenters. The molecule has 1 aromatic heterocycles. The minimum absolute atomic E-state index is 0.380. The van der Waals surface area contributed by atoms with E-state index < -0.39 is 11.5 Å². The van der Waals surface area contributed by atoms with Crippen LogP contribution in [-0.4, -0.2) is 34.0 Å². The molecule has 1 aliphatic heterocycles. The number of carboxylic acid groups (broad SMARTS) is 1. The SMILES string of the molecule is Cc1cc(C(=O)N[C@@]2(C(=O)O)CCSC2)c(C)o1. The molecule has 0 bridgehead atoms. The number of carboxylic acids is 1. The summed E-state index contributed by atoms with van der Waals surface area (Å²) < 4.78 is 5.28. The molecule has 2 heterocycles. The van der Waals surface area contributed by atoms with Crippen LogP contribution in [0.3, 0.4) is 0 Å². The Bertz CT molecular complexity index is 488. The van der Waals surface area contributed by atoms with E-state index in [9.17, 15) is 14.7 Å². The highest BCUT2D eigenvalue weighted by molar-refractivity contribution is 7.99. The fourth-order valence-corrected chi connectivity index (χ4v) is 3.35. The van der Waals surface area contributed by atoms with E-state index in [4.69, 9.17) is 4.42 Å². The first kappa shape index (κ1) is 13.0. The molecule has 0 aromatic carbocycles. The maximum atomic E-state index is 12.1. The lowest BCUT2D eigenvalue weighted by molar-refractivity contribution is -0.143. The second-order valence-corrected chi connectivity index (χ2v) is 5.58. The summed E-state index contributed by atoms with van der Waals surface area (Å²) in [6.45, 7) is 3.45. The van der Waals surface area contributed by atoms with Gasteiger partial charge in [-0.15, -0.1) is 0 Å². The van der Waals surface area contributed by atoms with E-state index in [-0.39, 0.29) is 5.91 Å². The van der Waals surface area contributed by atoms with Crippen molar-refractivity contribution in [1.29, 1.82) is 0 Å². The lowest BCUT2D eigenvalue weighted by Crippen LogP contribution is -2.54. The van der Waals surface area contributed by atoms with Crippen molar-refractivity contribution in [2.45, 2.75) is 25.8 Å². The molecule has 1 aliphatic rings. The number of aryl methyl sites for hydroxylation is 2. The van der Waals surface area contributed by atoms with Gasteiger partial charge in [0.2, 0.25) is 0 Å². The zero-order chi connectivity index (χ0) is 13.3. The molecule has 2 N–H and O–H groups in total. The van der Waals surface area contributed by atoms with Crippen LogP contribution >= 0.6 is 11.8 Å². The van der Waals surface area contributed by atoms with Gasteiger partial charge in [0.05, 0.1) is 5.56 Å². The minimum Gasteiger partial charge on any atom is -0.479 e. The summed E-state index contributed by atoms with van der Waals surface area (Å²) in [6, 6.07) is 1.63. The number of amides is 1. The first-order chi connectivity index (χ1) is 8.44. The molecule has 0 spiro atoms. The molecule has 0 radical (unpaired) electrons. The predicted octanol–water partition coefficient (Wildman–Crippen LogP) is 1.59. The molecule has 1 aromatic rings. The number of furan rings is 1. The number of thioether (sulfide) groups is 1. The number of aliphatic carboxylic acids is 1. The lowest BCUT2D eigenvalue weighted by atomic mass is 9.98. The minimum atomic E-state index is -1.14. The fraction of sp³-hybridized carbons (Fsp3) is 0.500.